The van der Waals surface area contributed by atoms with Gasteiger partial charge in [-0.15, -0.1) is 0 Å². The third-order valence-corrected chi connectivity index (χ3v) is 9.05. The van der Waals surface area contributed by atoms with Gasteiger partial charge >= 0.3 is 6.01 Å². The number of carbonyl (C=O) groups excluding carboxylic acids is 1. The lowest BCUT2D eigenvalue weighted by Crippen LogP contribution is -2.55. The highest BCUT2D eigenvalue weighted by Crippen LogP contribution is 2.39. The van der Waals surface area contributed by atoms with Gasteiger partial charge in [0.05, 0.1) is 36.9 Å². The lowest BCUT2D eigenvalue weighted by Gasteiger charge is -2.42. The van der Waals surface area contributed by atoms with Gasteiger partial charge in [-0.1, -0.05) is 48.5 Å². The fourth-order valence-electron chi connectivity index (χ4n) is 6.44. The smallest absolute Gasteiger partial charge is 0.318 e. The Bertz CT molecular complexity index is 1540. The molecule has 2 fully saturated rings. The number of hydrogen-bond acceptors (Lipinski definition) is 8. The van der Waals surface area contributed by atoms with Crippen LogP contribution in [0.15, 0.2) is 49.1 Å². The zero-order valence-corrected chi connectivity index (χ0v) is 24.6. The third-order valence-electron chi connectivity index (χ3n) is 8.73. The van der Waals surface area contributed by atoms with Crippen LogP contribution in [0.25, 0.3) is 10.8 Å². The van der Waals surface area contributed by atoms with Crippen molar-refractivity contribution in [3.05, 3.63) is 70.9 Å². The predicted octanol–water partition coefficient (Wildman–Crippen LogP) is 4.69. The summed E-state index contributed by atoms with van der Waals surface area (Å²) in [6, 6.07) is 14.7. The maximum atomic E-state index is 12.5. The Hall–Kier alpha value is -3.71. The Morgan fingerprint density at radius 3 is 2.81 bits per heavy atom. The number of rotatable bonds is 7. The normalized spacial score (nSPS) is 22.5. The van der Waals surface area contributed by atoms with E-state index in [0.29, 0.717) is 56.3 Å². The molecule has 42 heavy (non-hydrogen) atoms. The number of carbonyl (C=O) groups is 1. The highest BCUT2D eigenvalue weighted by Gasteiger charge is 2.34. The van der Waals surface area contributed by atoms with Gasteiger partial charge in [-0.2, -0.15) is 15.2 Å². The molecule has 1 aromatic heterocycles. The van der Waals surface area contributed by atoms with Crippen molar-refractivity contribution in [3.63, 3.8) is 0 Å². The van der Waals surface area contributed by atoms with Crippen LogP contribution in [-0.2, 0) is 22.6 Å². The molecule has 0 bridgehead atoms. The van der Waals surface area contributed by atoms with Gasteiger partial charge < -0.3 is 24.2 Å². The van der Waals surface area contributed by atoms with Crippen molar-refractivity contribution < 1.29 is 14.3 Å². The molecule has 218 valence electrons. The first-order valence-corrected chi connectivity index (χ1v) is 14.9. The topological polar surface area (TPSA) is 94.8 Å². The number of benzene rings is 2. The summed E-state index contributed by atoms with van der Waals surface area (Å²) in [4.78, 5) is 28.5. The minimum absolute atomic E-state index is 0.163. The average Bonchev–Trinajstić information content (AvgIpc) is 3.43. The number of ether oxygens (including phenoxy) is 2. The second-order valence-corrected chi connectivity index (χ2v) is 11.6. The molecule has 1 amide bonds. The predicted molar refractivity (Wildman–Crippen MR) is 162 cm³/mol. The Morgan fingerprint density at radius 1 is 1.21 bits per heavy atom. The molecule has 0 radical (unpaired) electrons. The molecule has 3 aliphatic rings. The van der Waals surface area contributed by atoms with Crippen LogP contribution in [0.3, 0.4) is 0 Å². The molecule has 2 aromatic carbocycles. The molecule has 0 N–H and O–H groups in total. The van der Waals surface area contributed by atoms with Crippen LogP contribution in [-0.4, -0.2) is 77.6 Å². The Morgan fingerprint density at radius 2 is 2.05 bits per heavy atom. The molecule has 6 rings (SSSR count). The third kappa shape index (κ3) is 5.54. The van der Waals surface area contributed by atoms with Crippen LogP contribution in [0.2, 0.25) is 5.02 Å². The van der Waals surface area contributed by atoms with Gasteiger partial charge in [0.1, 0.15) is 12.4 Å². The van der Waals surface area contributed by atoms with Crippen molar-refractivity contribution >= 4 is 34.1 Å². The lowest BCUT2D eigenvalue weighted by atomic mass is 9.94. The van der Waals surface area contributed by atoms with Gasteiger partial charge in [0.15, 0.2) is 0 Å². The Labute approximate surface area is 251 Å². The standard InChI is InChI=1S/C32H35ClN6O3/c1-3-29(40)39-16-15-38(18-22(39)12-13-34)31-25-20-41-28(24-10-4-7-21-8-5-11-26(33)30(21)24)17-27(25)35-32(36-31)42-19-23-9-6-14-37(23)2/h3-5,7-8,10-11,22-23,28H,1,6,9,12,14-20H2,2H3/t22-,23+,28?/m0/s1. The summed E-state index contributed by atoms with van der Waals surface area (Å²) in [5.74, 6) is 0.585. The van der Waals surface area contributed by atoms with E-state index in [4.69, 9.17) is 31.0 Å². The summed E-state index contributed by atoms with van der Waals surface area (Å²) in [6.07, 6.45) is 4.09. The molecule has 9 nitrogen and oxygen atoms in total. The maximum absolute atomic E-state index is 12.5. The second kappa shape index (κ2) is 12.3. The van der Waals surface area contributed by atoms with Gasteiger partial charge in [0.25, 0.3) is 0 Å². The number of nitrogens with zero attached hydrogens (tertiary/aromatic N) is 6. The number of aromatic nitrogens is 2. The van der Waals surface area contributed by atoms with E-state index in [1.54, 1.807) is 4.90 Å². The molecule has 1 unspecified atom stereocenters. The van der Waals surface area contributed by atoms with E-state index in [1.807, 2.05) is 18.2 Å². The molecule has 2 saturated heterocycles. The fraction of sp³-hybridized carbons (Fsp3) is 0.438. The largest absolute Gasteiger partial charge is 0.462 e. The number of anilines is 1. The molecule has 3 aliphatic heterocycles. The van der Waals surface area contributed by atoms with Crippen LogP contribution in [0.1, 0.15) is 42.2 Å². The number of fused-ring (bicyclic) bond motifs is 2. The highest BCUT2D eigenvalue weighted by atomic mass is 35.5. The maximum Gasteiger partial charge on any atom is 0.318 e. The van der Waals surface area contributed by atoms with Gasteiger partial charge in [0, 0.05) is 48.1 Å². The van der Waals surface area contributed by atoms with Crippen molar-refractivity contribution in [2.24, 2.45) is 0 Å². The summed E-state index contributed by atoms with van der Waals surface area (Å²) >= 11 is 6.66. The molecule has 4 heterocycles. The second-order valence-electron chi connectivity index (χ2n) is 11.2. The molecule has 3 atom stereocenters. The van der Waals surface area contributed by atoms with Crippen molar-refractivity contribution in [2.45, 2.75) is 50.5 Å². The van der Waals surface area contributed by atoms with Gasteiger partial charge in [-0.3, -0.25) is 4.79 Å². The molecular weight excluding hydrogens is 552 g/mol. The van der Waals surface area contributed by atoms with Gasteiger partial charge in [-0.25, -0.2) is 0 Å². The van der Waals surface area contributed by atoms with Gasteiger partial charge in [-0.05, 0) is 49.5 Å². The van der Waals surface area contributed by atoms with Crippen molar-refractivity contribution in [3.8, 4) is 12.1 Å². The quantitative estimate of drug-likeness (QED) is 0.368. The van der Waals surface area contributed by atoms with Crippen molar-refractivity contribution in [2.75, 3.05) is 44.7 Å². The molecule has 3 aromatic rings. The molecule has 0 saturated carbocycles. The first kappa shape index (κ1) is 28.4. The minimum Gasteiger partial charge on any atom is -0.462 e. The van der Waals surface area contributed by atoms with Crippen LogP contribution in [0, 0.1) is 11.3 Å². The zero-order chi connectivity index (χ0) is 29.2. The summed E-state index contributed by atoms with van der Waals surface area (Å²) in [7, 11) is 2.12. The van der Waals surface area contributed by atoms with E-state index < -0.39 is 0 Å². The summed E-state index contributed by atoms with van der Waals surface area (Å²) in [5, 5.41) is 12.3. The molecular formula is C32H35ClN6O3. The van der Waals surface area contributed by atoms with E-state index in [0.717, 1.165) is 52.8 Å². The summed E-state index contributed by atoms with van der Waals surface area (Å²) < 4.78 is 12.7. The lowest BCUT2D eigenvalue weighted by molar-refractivity contribution is -0.128. The summed E-state index contributed by atoms with van der Waals surface area (Å²) in [5.41, 5.74) is 2.84. The van der Waals surface area contributed by atoms with Crippen molar-refractivity contribution in [1.29, 1.82) is 5.26 Å². The van der Waals surface area contributed by atoms with Crippen LogP contribution < -0.4 is 9.64 Å². The fourth-order valence-corrected chi connectivity index (χ4v) is 6.73. The SMILES string of the molecule is C=CC(=O)N1CCN(c2nc(OC[C@H]3CCCN3C)nc3c2COC(c2cccc4cccc(Cl)c24)C3)C[C@@H]1CC#N. The van der Waals surface area contributed by atoms with Crippen LogP contribution in [0.4, 0.5) is 5.82 Å². The van der Waals surface area contributed by atoms with E-state index in [9.17, 15) is 10.1 Å². The van der Waals surface area contributed by atoms with E-state index >= 15 is 0 Å². The van der Waals surface area contributed by atoms with E-state index in [-0.39, 0.29) is 24.5 Å². The average molecular weight is 587 g/mol. The molecule has 0 spiro atoms. The number of likely N-dealkylation sites (tertiary alicyclic amines) is 1. The Kier molecular flexibility index (Phi) is 8.29. The van der Waals surface area contributed by atoms with Crippen molar-refractivity contribution in [1.82, 2.24) is 19.8 Å². The van der Waals surface area contributed by atoms with Gasteiger partial charge in [0.2, 0.25) is 5.91 Å². The molecule has 0 aliphatic carbocycles. The van der Waals surface area contributed by atoms with Crippen LogP contribution >= 0.6 is 11.6 Å². The Balaban J connectivity index is 1.34. The minimum atomic E-state index is -0.272. The first-order valence-electron chi connectivity index (χ1n) is 14.5. The number of piperazine rings is 1. The number of hydrogen-bond donors (Lipinski definition) is 0. The highest BCUT2D eigenvalue weighted by molar-refractivity contribution is 6.35. The van der Waals surface area contributed by atoms with E-state index in [2.05, 4.69) is 47.7 Å². The summed E-state index contributed by atoms with van der Waals surface area (Å²) in [6.45, 7) is 7.06. The monoisotopic (exact) mass is 586 g/mol. The number of amides is 1. The first-order chi connectivity index (χ1) is 20.5. The van der Waals surface area contributed by atoms with Crippen LogP contribution in [0.5, 0.6) is 6.01 Å². The number of nitriles is 1. The zero-order valence-electron chi connectivity index (χ0n) is 23.8. The number of likely N-dealkylation sites (N-methyl/N-ethyl adjacent to an activating group) is 1. The number of halogens is 1. The van der Waals surface area contributed by atoms with E-state index in [1.165, 1.54) is 6.08 Å². The molecule has 10 heteroatoms.